The van der Waals surface area contributed by atoms with Crippen LogP contribution < -0.4 is 10.1 Å². The lowest BCUT2D eigenvalue weighted by atomic mass is 10.1. The number of carbonyl (C=O) groups excluding carboxylic acids is 1. The van der Waals surface area contributed by atoms with Gasteiger partial charge in [-0.3, -0.25) is 4.79 Å². The Morgan fingerprint density at radius 1 is 1.25 bits per heavy atom. The average Bonchev–Trinajstić information content (AvgIpc) is 2.97. The van der Waals surface area contributed by atoms with Gasteiger partial charge in [0, 0.05) is 45.0 Å². The zero-order chi connectivity index (χ0) is 16.4. The number of hydrogen-bond acceptors (Lipinski definition) is 3. The first-order valence-electron chi connectivity index (χ1n) is 7.81. The maximum Gasteiger partial charge on any atom is 0.239 e. The van der Waals surface area contributed by atoms with Crippen LogP contribution in [0.2, 0.25) is 0 Å². The molecule has 4 nitrogen and oxygen atoms in total. The van der Waals surface area contributed by atoms with Gasteiger partial charge in [0.1, 0.15) is 18.1 Å². The molecule has 0 bridgehead atoms. The molecule has 2 heterocycles. The summed E-state index contributed by atoms with van der Waals surface area (Å²) in [4.78, 5) is 13.9. The van der Waals surface area contributed by atoms with Crippen LogP contribution in [0.3, 0.4) is 0 Å². The summed E-state index contributed by atoms with van der Waals surface area (Å²) in [6.45, 7) is 1.20. The van der Waals surface area contributed by atoms with Crippen molar-refractivity contribution in [1.29, 1.82) is 0 Å². The first kappa shape index (κ1) is 18.9. The van der Waals surface area contributed by atoms with Crippen LogP contribution in [0.5, 0.6) is 5.75 Å². The van der Waals surface area contributed by atoms with E-state index in [1.807, 2.05) is 0 Å². The highest BCUT2D eigenvalue weighted by atomic mass is 35.5. The number of likely N-dealkylation sites (tertiary alicyclic amines) is 1. The van der Waals surface area contributed by atoms with Crippen LogP contribution in [-0.2, 0) is 4.79 Å². The van der Waals surface area contributed by atoms with Gasteiger partial charge in [-0.05, 0) is 12.1 Å². The van der Waals surface area contributed by atoms with E-state index in [0.29, 0.717) is 25.9 Å². The highest BCUT2D eigenvalue weighted by molar-refractivity contribution is 5.85. The van der Waals surface area contributed by atoms with Crippen molar-refractivity contribution in [3.63, 3.8) is 0 Å². The number of rotatable bonds is 3. The maximum absolute atomic E-state index is 13.6. The van der Waals surface area contributed by atoms with Gasteiger partial charge in [-0.1, -0.05) is 0 Å². The van der Waals surface area contributed by atoms with Crippen LogP contribution in [0.25, 0.3) is 0 Å². The van der Waals surface area contributed by atoms with Crippen molar-refractivity contribution in [1.82, 2.24) is 10.2 Å². The lowest BCUT2D eigenvalue weighted by Crippen LogP contribution is -2.48. The molecule has 3 rings (SSSR count). The number of nitrogens with zero attached hydrogens (tertiary/aromatic N) is 1. The normalized spacial score (nSPS) is 24.5. The van der Waals surface area contributed by atoms with E-state index in [1.165, 1.54) is 6.07 Å². The van der Waals surface area contributed by atoms with Crippen LogP contribution >= 0.6 is 12.4 Å². The number of benzene rings is 1. The van der Waals surface area contributed by atoms with Gasteiger partial charge >= 0.3 is 0 Å². The molecule has 0 aromatic heterocycles. The second kappa shape index (κ2) is 8.07. The van der Waals surface area contributed by atoms with Gasteiger partial charge in [-0.25, -0.2) is 13.2 Å². The average molecular weight is 365 g/mol. The zero-order valence-corrected chi connectivity index (χ0v) is 13.8. The quantitative estimate of drug-likeness (QED) is 0.895. The minimum atomic E-state index is -0.966. The van der Waals surface area contributed by atoms with E-state index in [0.717, 1.165) is 12.1 Å². The number of ether oxygens (including phenoxy) is 1. The summed E-state index contributed by atoms with van der Waals surface area (Å²) in [6, 6.07) is 2.76. The van der Waals surface area contributed by atoms with E-state index >= 15 is 0 Å². The smallest absolute Gasteiger partial charge is 0.239 e. The molecule has 0 radical (unpaired) electrons. The number of carbonyl (C=O) groups is 1. The first-order valence-corrected chi connectivity index (χ1v) is 7.81. The predicted octanol–water partition coefficient (Wildman–Crippen LogP) is 2.46. The van der Waals surface area contributed by atoms with Gasteiger partial charge in [0.15, 0.2) is 11.6 Å². The van der Waals surface area contributed by atoms with Crippen molar-refractivity contribution < 1.29 is 22.7 Å². The molecule has 2 atom stereocenters. The molecule has 2 aliphatic heterocycles. The Balaban J connectivity index is 0.00000208. The van der Waals surface area contributed by atoms with Crippen LogP contribution in [0.15, 0.2) is 18.2 Å². The number of piperidine rings is 1. The van der Waals surface area contributed by atoms with E-state index in [1.54, 1.807) is 4.90 Å². The van der Waals surface area contributed by atoms with Gasteiger partial charge in [-0.15, -0.1) is 12.4 Å². The molecular formula is C16H20ClF3N2O2. The molecule has 24 heavy (non-hydrogen) atoms. The Labute approximate surface area is 144 Å². The van der Waals surface area contributed by atoms with Crippen molar-refractivity contribution in [2.75, 3.05) is 19.6 Å². The molecule has 134 valence electrons. The second-order valence-electron chi connectivity index (χ2n) is 6.01. The van der Waals surface area contributed by atoms with Crippen molar-refractivity contribution in [3.05, 3.63) is 29.8 Å². The molecule has 2 aliphatic rings. The molecular weight excluding hydrogens is 345 g/mol. The van der Waals surface area contributed by atoms with Gasteiger partial charge in [-0.2, -0.15) is 0 Å². The third-order valence-electron chi connectivity index (χ3n) is 4.32. The fourth-order valence-electron chi connectivity index (χ4n) is 3.05. The molecule has 1 aromatic rings. The van der Waals surface area contributed by atoms with Crippen molar-refractivity contribution in [2.45, 2.75) is 37.6 Å². The molecule has 1 amide bonds. The van der Waals surface area contributed by atoms with Crippen molar-refractivity contribution >= 4 is 18.3 Å². The Kier molecular flexibility index (Phi) is 6.34. The fraction of sp³-hybridized carbons (Fsp3) is 0.562. The highest BCUT2D eigenvalue weighted by Crippen LogP contribution is 2.23. The first-order chi connectivity index (χ1) is 11.0. The topological polar surface area (TPSA) is 41.6 Å². The zero-order valence-electron chi connectivity index (χ0n) is 13.0. The van der Waals surface area contributed by atoms with E-state index in [2.05, 4.69) is 5.32 Å². The standard InChI is InChI=1S/C16H19F3N2O2.ClH/c17-10-1-2-15(13(19)7-10)23-12-3-5-21(6-4-12)16(22)14-8-11(18)9-20-14;/h1-2,7,11-12,14,20H,3-6,8-9H2;1H/t11-,14+;/m0./s1. The second-order valence-corrected chi connectivity index (χ2v) is 6.01. The van der Waals surface area contributed by atoms with Crippen LogP contribution in [0.4, 0.5) is 13.2 Å². The molecule has 1 N–H and O–H groups in total. The van der Waals surface area contributed by atoms with Gasteiger partial charge in [0.25, 0.3) is 0 Å². The molecule has 2 fully saturated rings. The summed E-state index contributed by atoms with van der Waals surface area (Å²) in [5.41, 5.74) is 0. The number of hydrogen-bond donors (Lipinski definition) is 1. The summed E-state index contributed by atoms with van der Waals surface area (Å²) in [5.74, 6) is -1.44. The Hall–Kier alpha value is -1.47. The third kappa shape index (κ3) is 4.33. The number of nitrogens with one attached hydrogen (secondary N) is 1. The number of amides is 1. The van der Waals surface area contributed by atoms with E-state index in [-0.39, 0.29) is 43.1 Å². The summed E-state index contributed by atoms with van der Waals surface area (Å²) in [6.07, 6.45) is 0.161. The summed E-state index contributed by atoms with van der Waals surface area (Å²) in [7, 11) is 0. The highest BCUT2D eigenvalue weighted by Gasteiger charge is 2.34. The molecule has 2 saturated heterocycles. The van der Waals surface area contributed by atoms with E-state index in [4.69, 9.17) is 4.74 Å². The monoisotopic (exact) mass is 364 g/mol. The molecule has 0 aliphatic carbocycles. The summed E-state index contributed by atoms with van der Waals surface area (Å²) < 4.78 is 45.2. The SMILES string of the molecule is Cl.O=C([C@H]1C[C@H](F)CN1)N1CCC(Oc2ccc(F)cc2F)CC1. The van der Waals surface area contributed by atoms with Crippen LogP contribution in [0, 0.1) is 11.6 Å². The summed E-state index contributed by atoms with van der Waals surface area (Å²) >= 11 is 0. The lowest BCUT2D eigenvalue weighted by molar-refractivity contribution is -0.135. The Morgan fingerprint density at radius 3 is 2.54 bits per heavy atom. The summed E-state index contributed by atoms with van der Waals surface area (Å²) in [5, 5.41) is 2.88. The minimum Gasteiger partial charge on any atom is -0.487 e. The maximum atomic E-state index is 13.6. The van der Waals surface area contributed by atoms with Crippen LogP contribution in [-0.4, -0.2) is 48.8 Å². The molecule has 8 heteroatoms. The fourth-order valence-corrected chi connectivity index (χ4v) is 3.05. The number of halogens is 4. The molecule has 0 unspecified atom stereocenters. The van der Waals surface area contributed by atoms with E-state index < -0.39 is 23.8 Å². The third-order valence-corrected chi connectivity index (χ3v) is 4.32. The minimum absolute atomic E-state index is 0. The Morgan fingerprint density at radius 2 is 1.96 bits per heavy atom. The van der Waals surface area contributed by atoms with Crippen molar-refractivity contribution in [3.8, 4) is 5.75 Å². The van der Waals surface area contributed by atoms with Crippen molar-refractivity contribution in [2.24, 2.45) is 0 Å². The molecule has 0 saturated carbocycles. The number of alkyl halides is 1. The molecule has 1 aromatic carbocycles. The molecule has 0 spiro atoms. The largest absolute Gasteiger partial charge is 0.487 e. The van der Waals surface area contributed by atoms with Gasteiger partial charge in [0.2, 0.25) is 5.91 Å². The van der Waals surface area contributed by atoms with E-state index in [9.17, 15) is 18.0 Å². The van der Waals surface area contributed by atoms with Crippen LogP contribution in [0.1, 0.15) is 19.3 Å². The predicted molar refractivity (Wildman–Crippen MR) is 85.1 cm³/mol. The Bertz CT molecular complexity index is 582. The van der Waals surface area contributed by atoms with Gasteiger partial charge in [0.05, 0.1) is 6.04 Å². The lowest BCUT2D eigenvalue weighted by Gasteiger charge is -2.33. The van der Waals surface area contributed by atoms with Gasteiger partial charge < -0.3 is 15.0 Å².